The Bertz CT molecular complexity index is 601. The maximum atomic E-state index is 13.1. The number of nitrogens with zero attached hydrogens (tertiary/aromatic N) is 1. The number of aryl methyl sites for hydroxylation is 1. The SMILES string of the molecule is CCCCc1nc(Cl)c(CNc2ccc(F)cc2OC)[nH]1. The fourth-order valence-electron chi connectivity index (χ4n) is 2.01. The van der Waals surface area contributed by atoms with Crippen LogP contribution in [0.5, 0.6) is 5.75 Å². The second-order valence-electron chi connectivity index (χ2n) is 4.75. The summed E-state index contributed by atoms with van der Waals surface area (Å²) in [6, 6.07) is 4.35. The Morgan fingerprint density at radius 3 is 2.95 bits per heavy atom. The fraction of sp³-hybridized carbons (Fsp3) is 0.400. The molecule has 0 fully saturated rings. The molecule has 2 N–H and O–H groups in total. The molecule has 1 aromatic carbocycles. The second-order valence-corrected chi connectivity index (χ2v) is 5.11. The van der Waals surface area contributed by atoms with Gasteiger partial charge in [-0.15, -0.1) is 0 Å². The average molecular weight is 312 g/mol. The third kappa shape index (κ3) is 4.11. The minimum atomic E-state index is -0.334. The Morgan fingerprint density at radius 1 is 1.43 bits per heavy atom. The number of hydrogen-bond donors (Lipinski definition) is 2. The summed E-state index contributed by atoms with van der Waals surface area (Å²) in [5, 5.41) is 3.64. The molecule has 0 saturated carbocycles. The van der Waals surface area contributed by atoms with Gasteiger partial charge in [0.05, 0.1) is 25.0 Å². The van der Waals surface area contributed by atoms with E-state index in [9.17, 15) is 4.39 Å². The number of anilines is 1. The van der Waals surface area contributed by atoms with Crippen molar-refractivity contribution in [3.8, 4) is 5.75 Å². The van der Waals surface area contributed by atoms with E-state index in [1.807, 2.05) is 0 Å². The lowest BCUT2D eigenvalue weighted by molar-refractivity contribution is 0.413. The molecule has 114 valence electrons. The lowest BCUT2D eigenvalue weighted by atomic mass is 10.2. The molecule has 0 radical (unpaired) electrons. The molecule has 6 heteroatoms. The van der Waals surface area contributed by atoms with Crippen molar-refractivity contribution >= 4 is 17.3 Å². The van der Waals surface area contributed by atoms with Crippen LogP contribution in [-0.4, -0.2) is 17.1 Å². The highest BCUT2D eigenvalue weighted by Crippen LogP contribution is 2.26. The molecule has 1 aromatic heterocycles. The van der Waals surface area contributed by atoms with Crippen molar-refractivity contribution in [2.24, 2.45) is 0 Å². The van der Waals surface area contributed by atoms with Crippen molar-refractivity contribution in [1.29, 1.82) is 0 Å². The molecule has 0 saturated heterocycles. The topological polar surface area (TPSA) is 49.9 Å². The Kier molecular flexibility index (Phi) is 5.44. The van der Waals surface area contributed by atoms with Gasteiger partial charge in [0.15, 0.2) is 5.15 Å². The molecule has 0 bridgehead atoms. The van der Waals surface area contributed by atoms with E-state index in [-0.39, 0.29) is 5.82 Å². The molecular formula is C15H19ClFN3O. The van der Waals surface area contributed by atoms with Crippen LogP contribution in [-0.2, 0) is 13.0 Å². The lowest BCUT2D eigenvalue weighted by Gasteiger charge is -2.10. The predicted molar refractivity (Wildman–Crippen MR) is 82.5 cm³/mol. The van der Waals surface area contributed by atoms with Gasteiger partial charge in [0.1, 0.15) is 17.4 Å². The summed E-state index contributed by atoms with van der Waals surface area (Å²) in [5.74, 6) is 1.01. The standard InChI is InChI=1S/C15H19ClFN3O/c1-3-4-5-14-19-12(15(16)20-14)9-18-11-7-6-10(17)8-13(11)21-2/h6-8,18H,3-5,9H2,1-2H3,(H,19,20). The summed E-state index contributed by atoms with van der Waals surface area (Å²) < 4.78 is 18.3. The molecule has 0 spiro atoms. The van der Waals surface area contributed by atoms with Crippen molar-refractivity contribution in [2.45, 2.75) is 32.7 Å². The zero-order valence-corrected chi connectivity index (χ0v) is 12.9. The number of aromatic nitrogens is 2. The van der Waals surface area contributed by atoms with E-state index in [1.165, 1.54) is 19.2 Å². The van der Waals surface area contributed by atoms with Gasteiger partial charge in [-0.25, -0.2) is 9.37 Å². The number of nitrogens with one attached hydrogen (secondary N) is 2. The van der Waals surface area contributed by atoms with Crippen molar-refractivity contribution in [1.82, 2.24) is 9.97 Å². The van der Waals surface area contributed by atoms with E-state index in [0.717, 1.165) is 30.8 Å². The van der Waals surface area contributed by atoms with Crippen LogP contribution in [0.25, 0.3) is 0 Å². The van der Waals surface area contributed by atoms with Crippen LogP contribution in [0.4, 0.5) is 10.1 Å². The number of rotatable bonds is 7. The predicted octanol–water partition coefficient (Wildman–Crippen LogP) is 4.17. The smallest absolute Gasteiger partial charge is 0.152 e. The number of unbranched alkanes of at least 4 members (excludes halogenated alkanes) is 1. The van der Waals surface area contributed by atoms with Gasteiger partial charge in [0.2, 0.25) is 0 Å². The van der Waals surface area contributed by atoms with Gasteiger partial charge in [-0.1, -0.05) is 24.9 Å². The van der Waals surface area contributed by atoms with Crippen LogP contribution >= 0.6 is 11.6 Å². The minimum absolute atomic E-state index is 0.334. The van der Waals surface area contributed by atoms with E-state index >= 15 is 0 Å². The number of ether oxygens (including phenoxy) is 1. The van der Waals surface area contributed by atoms with Gasteiger partial charge in [0, 0.05) is 12.5 Å². The molecule has 0 unspecified atom stereocenters. The van der Waals surface area contributed by atoms with E-state index in [1.54, 1.807) is 6.07 Å². The van der Waals surface area contributed by atoms with E-state index in [4.69, 9.17) is 16.3 Å². The summed E-state index contributed by atoms with van der Waals surface area (Å²) in [4.78, 5) is 7.51. The Morgan fingerprint density at radius 2 is 2.24 bits per heavy atom. The highest BCUT2D eigenvalue weighted by molar-refractivity contribution is 6.30. The van der Waals surface area contributed by atoms with Crippen molar-refractivity contribution < 1.29 is 9.13 Å². The van der Waals surface area contributed by atoms with Gasteiger partial charge >= 0.3 is 0 Å². The molecule has 2 aromatic rings. The summed E-state index contributed by atoms with van der Waals surface area (Å²) in [5.41, 5.74) is 1.52. The first-order valence-electron chi connectivity index (χ1n) is 6.94. The van der Waals surface area contributed by atoms with Gasteiger partial charge < -0.3 is 15.0 Å². The number of methoxy groups -OCH3 is 1. The molecule has 2 rings (SSSR count). The van der Waals surface area contributed by atoms with Crippen LogP contribution in [0.2, 0.25) is 5.15 Å². The lowest BCUT2D eigenvalue weighted by Crippen LogP contribution is -2.02. The quantitative estimate of drug-likeness (QED) is 0.807. The molecule has 0 aliphatic heterocycles. The molecule has 21 heavy (non-hydrogen) atoms. The number of halogens is 2. The van der Waals surface area contributed by atoms with Crippen LogP contribution in [0.3, 0.4) is 0 Å². The first-order valence-corrected chi connectivity index (χ1v) is 7.32. The summed E-state index contributed by atoms with van der Waals surface area (Å²) in [6.45, 7) is 2.60. The van der Waals surface area contributed by atoms with Gasteiger partial charge in [-0.2, -0.15) is 0 Å². The van der Waals surface area contributed by atoms with Crippen LogP contribution in [0.1, 0.15) is 31.3 Å². The normalized spacial score (nSPS) is 10.7. The van der Waals surface area contributed by atoms with Crippen molar-refractivity contribution in [3.05, 3.63) is 40.7 Å². The van der Waals surface area contributed by atoms with Gasteiger partial charge in [-0.3, -0.25) is 0 Å². The maximum Gasteiger partial charge on any atom is 0.152 e. The van der Waals surface area contributed by atoms with Gasteiger partial charge in [-0.05, 0) is 18.6 Å². The number of benzene rings is 1. The minimum Gasteiger partial charge on any atom is -0.494 e. The van der Waals surface area contributed by atoms with Gasteiger partial charge in [0.25, 0.3) is 0 Å². The Labute approximate surface area is 128 Å². The fourth-order valence-corrected chi connectivity index (χ4v) is 2.23. The molecule has 0 atom stereocenters. The Balaban J connectivity index is 2.04. The molecule has 0 aliphatic rings. The monoisotopic (exact) mass is 311 g/mol. The third-order valence-corrected chi connectivity index (χ3v) is 3.48. The third-order valence-electron chi connectivity index (χ3n) is 3.16. The second kappa shape index (κ2) is 7.31. The largest absolute Gasteiger partial charge is 0.494 e. The highest BCUT2D eigenvalue weighted by atomic mass is 35.5. The summed E-state index contributed by atoms with van der Waals surface area (Å²) in [7, 11) is 1.51. The zero-order chi connectivity index (χ0) is 15.2. The summed E-state index contributed by atoms with van der Waals surface area (Å²) in [6.07, 6.45) is 3.07. The van der Waals surface area contributed by atoms with Crippen LogP contribution in [0.15, 0.2) is 18.2 Å². The highest BCUT2D eigenvalue weighted by Gasteiger charge is 2.09. The van der Waals surface area contributed by atoms with Crippen LogP contribution < -0.4 is 10.1 Å². The van der Waals surface area contributed by atoms with E-state index in [0.29, 0.717) is 23.1 Å². The molecule has 1 heterocycles. The summed E-state index contributed by atoms with van der Waals surface area (Å²) >= 11 is 6.12. The van der Waals surface area contributed by atoms with E-state index < -0.39 is 0 Å². The first-order chi connectivity index (χ1) is 10.1. The number of hydrogen-bond acceptors (Lipinski definition) is 3. The number of imidazole rings is 1. The van der Waals surface area contributed by atoms with Crippen molar-refractivity contribution in [2.75, 3.05) is 12.4 Å². The maximum absolute atomic E-state index is 13.1. The zero-order valence-electron chi connectivity index (χ0n) is 12.2. The first kappa shape index (κ1) is 15.6. The molecule has 0 amide bonds. The molecule has 0 aliphatic carbocycles. The van der Waals surface area contributed by atoms with Crippen LogP contribution in [0, 0.1) is 5.82 Å². The van der Waals surface area contributed by atoms with E-state index in [2.05, 4.69) is 22.2 Å². The van der Waals surface area contributed by atoms with Crippen molar-refractivity contribution in [3.63, 3.8) is 0 Å². The molecule has 4 nitrogen and oxygen atoms in total. The number of H-pyrrole nitrogens is 1. The Hall–Kier alpha value is -1.75. The molecular weight excluding hydrogens is 293 g/mol. The average Bonchev–Trinajstić information content (AvgIpc) is 2.84. The number of aromatic amines is 1.